The Morgan fingerprint density at radius 2 is 1.56 bits per heavy atom. The topological polar surface area (TPSA) is 86.8 Å². The molecule has 0 saturated carbocycles. The van der Waals surface area contributed by atoms with E-state index in [4.69, 9.17) is 0 Å². The number of halogens is 1. The van der Waals surface area contributed by atoms with Gasteiger partial charge >= 0.3 is 0 Å². The van der Waals surface area contributed by atoms with E-state index < -0.39 is 28.5 Å². The third kappa shape index (κ3) is 9.21. The molecule has 0 bridgehead atoms. The van der Waals surface area contributed by atoms with Gasteiger partial charge in [-0.3, -0.25) is 13.9 Å². The highest BCUT2D eigenvalue weighted by atomic mass is 79.9. The van der Waals surface area contributed by atoms with Crippen LogP contribution in [0, 0.1) is 6.92 Å². The summed E-state index contributed by atoms with van der Waals surface area (Å²) in [6, 6.07) is 23.2. The van der Waals surface area contributed by atoms with Gasteiger partial charge in [0.2, 0.25) is 21.8 Å². The van der Waals surface area contributed by atoms with Crippen molar-refractivity contribution in [2.24, 2.45) is 0 Å². The Labute approximate surface area is 240 Å². The summed E-state index contributed by atoms with van der Waals surface area (Å²) in [4.78, 5) is 29.1. The Morgan fingerprint density at radius 1 is 0.923 bits per heavy atom. The zero-order chi connectivity index (χ0) is 28.4. The molecule has 9 heteroatoms. The summed E-state index contributed by atoms with van der Waals surface area (Å²) in [6.07, 6.45) is 3.12. The van der Waals surface area contributed by atoms with Crippen molar-refractivity contribution in [3.8, 4) is 0 Å². The second-order valence-electron chi connectivity index (χ2n) is 9.60. The fourth-order valence-corrected chi connectivity index (χ4v) is 5.29. The van der Waals surface area contributed by atoms with Crippen molar-refractivity contribution in [3.63, 3.8) is 0 Å². The predicted molar refractivity (Wildman–Crippen MR) is 160 cm³/mol. The smallest absolute Gasteiger partial charge is 0.244 e. The third-order valence-corrected chi connectivity index (χ3v) is 8.04. The lowest BCUT2D eigenvalue weighted by atomic mass is 10.0. The van der Waals surface area contributed by atoms with Gasteiger partial charge in [-0.15, -0.1) is 0 Å². The summed E-state index contributed by atoms with van der Waals surface area (Å²) in [5.41, 5.74) is 3.10. The fourth-order valence-electron chi connectivity index (χ4n) is 4.17. The first-order valence-corrected chi connectivity index (χ1v) is 15.6. The van der Waals surface area contributed by atoms with Crippen LogP contribution in [0.1, 0.15) is 36.5 Å². The monoisotopic (exact) mass is 613 g/mol. The minimum Gasteiger partial charge on any atom is -0.354 e. The van der Waals surface area contributed by atoms with Crippen LogP contribution in [0.25, 0.3) is 0 Å². The summed E-state index contributed by atoms with van der Waals surface area (Å²) >= 11 is 3.44. The Balaban J connectivity index is 2.01. The summed E-state index contributed by atoms with van der Waals surface area (Å²) in [5.74, 6) is -0.727. The first-order chi connectivity index (χ1) is 18.6. The Kier molecular flexibility index (Phi) is 11.1. The van der Waals surface area contributed by atoms with Crippen molar-refractivity contribution in [3.05, 3.63) is 100 Å². The first kappa shape index (κ1) is 30.4. The number of carbonyl (C=O) groups is 2. The van der Waals surface area contributed by atoms with Crippen molar-refractivity contribution >= 4 is 43.5 Å². The molecule has 0 fully saturated rings. The van der Waals surface area contributed by atoms with Crippen LogP contribution in [0.15, 0.2) is 83.3 Å². The molecule has 0 saturated heterocycles. The highest BCUT2D eigenvalue weighted by Gasteiger charge is 2.32. The standard InChI is InChI=1S/C30H36BrN3O4S/c1-4-5-19-32-30(36)28(20-24-9-7-6-8-10-24)33(21-25-13-15-26(31)16-14-25)29(35)22-34(39(3,37)38)27-17-11-23(2)12-18-27/h6-18,28H,4-5,19-22H2,1-3H3,(H,32,36)/t28-/m1/s1. The molecule has 3 aromatic carbocycles. The van der Waals surface area contributed by atoms with E-state index in [0.29, 0.717) is 18.7 Å². The Bertz CT molecular complexity index is 1330. The number of amides is 2. The number of nitrogens with zero attached hydrogens (tertiary/aromatic N) is 2. The maximum Gasteiger partial charge on any atom is 0.244 e. The molecule has 0 radical (unpaired) electrons. The molecular weight excluding hydrogens is 578 g/mol. The number of sulfonamides is 1. The van der Waals surface area contributed by atoms with Gasteiger partial charge in [0.15, 0.2) is 0 Å². The molecule has 39 heavy (non-hydrogen) atoms. The van der Waals surface area contributed by atoms with E-state index in [1.807, 2.05) is 68.4 Å². The molecule has 3 aromatic rings. The first-order valence-electron chi connectivity index (χ1n) is 13.0. The van der Waals surface area contributed by atoms with Crippen LogP contribution in [-0.2, 0) is 32.6 Å². The molecule has 2 amide bonds. The molecule has 3 rings (SSSR count). The van der Waals surface area contributed by atoms with Crippen molar-refractivity contribution in [1.82, 2.24) is 10.2 Å². The van der Waals surface area contributed by atoms with Gasteiger partial charge in [-0.25, -0.2) is 8.42 Å². The average molecular weight is 615 g/mol. The molecule has 0 aliphatic carbocycles. The quantitative estimate of drug-likeness (QED) is 0.272. The summed E-state index contributed by atoms with van der Waals surface area (Å²) in [7, 11) is -3.78. The Hall–Kier alpha value is -3.17. The third-order valence-electron chi connectivity index (χ3n) is 6.37. The zero-order valence-corrected chi connectivity index (χ0v) is 25.0. The molecule has 7 nitrogen and oxygen atoms in total. The number of anilines is 1. The van der Waals surface area contributed by atoms with Gasteiger partial charge in [0.05, 0.1) is 11.9 Å². The number of hydrogen-bond donors (Lipinski definition) is 1. The number of benzene rings is 3. The lowest BCUT2D eigenvalue weighted by Crippen LogP contribution is -2.53. The van der Waals surface area contributed by atoms with E-state index in [0.717, 1.165) is 44.6 Å². The largest absolute Gasteiger partial charge is 0.354 e. The number of nitrogens with one attached hydrogen (secondary N) is 1. The average Bonchev–Trinajstić information content (AvgIpc) is 2.91. The SMILES string of the molecule is CCCCNC(=O)[C@@H](Cc1ccccc1)N(Cc1ccc(Br)cc1)C(=O)CN(c1ccc(C)cc1)S(C)(=O)=O. The number of hydrogen-bond acceptors (Lipinski definition) is 4. The van der Waals surface area contributed by atoms with Gasteiger partial charge in [0.25, 0.3) is 0 Å². The molecular formula is C30H36BrN3O4S. The predicted octanol–water partition coefficient (Wildman–Crippen LogP) is 5.08. The van der Waals surface area contributed by atoms with Crippen molar-refractivity contribution in [2.45, 2.75) is 45.7 Å². The summed E-state index contributed by atoms with van der Waals surface area (Å²) in [6.45, 7) is 4.18. The van der Waals surface area contributed by atoms with Crippen LogP contribution in [0.4, 0.5) is 5.69 Å². The Morgan fingerprint density at radius 3 is 2.15 bits per heavy atom. The maximum absolute atomic E-state index is 14.0. The van der Waals surface area contributed by atoms with Gasteiger partial charge in [-0.05, 0) is 48.7 Å². The highest BCUT2D eigenvalue weighted by Crippen LogP contribution is 2.21. The van der Waals surface area contributed by atoms with E-state index in [2.05, 4.69) is 21.2 Å². The van der Waals surface area contributed by atoms with Gasteiger partial charge in [-0.1, -0.05) is 89.4 Å². The van der Waals surface area contributed by atoms with E-state index in [1.165, 1.54) is 4.90 Å². The molecule has 0 spiro atoms. The molecule has 1 atom stereocenters. The maximum atomic E-state index is 14.0. The van der Waals surface area contributed by atoms with Gasteiger partial charge in [0, 0.05) is 24.0 Å². The molecule has 208 valence electrons. The summed E-state index contributed by atoms with van der Waals surface area (Å²) < 4.78 is 27.6. The molecule has 1 N–H and O–H groups in total. The van der Waals surface area contributed by atoms with E-state index in [1.54, 1.807) is 24.3 Å². The number of unbranched alkanes of at least 4 members (excludes halogenated alkanes) is 1. The number of rotatable bonds is 13. The molecule has 0 aliphatic heterocycles. The van der Waals surface area contributed by atoms with Crippen LogP contribution in [-0.4, -0.2) is 50.5 Å². The van der Waals surface area contributed by atoms with Crippen LogP contribution >= 0.6 is 15.9 Å². The lowest BCUT2D eigenvalue weighted by Gasteiger charge is -2.33. The van der Waals surface area contributed by atoms with Crippen LogP contribution in [0.5, 0.6) is 0 Å². The van der Waals surface area contributed by atoms with E-state index in [-0.39, 0.29) is 12.5 Å². The molecule has 0 unspecified atom stereocenters. The fraction of sp³-hybridized carbons (Fsp3) is 0.333. The van der Waals surface area contributed by atoms with Gasteiger partial charge in [-0.2, -0.15) is 0 Å². The molecule has 0 heterocycles. The zero-order valence-electron chi connectivity index (χ0n) is 22.6. The summed E-state index contributed by atoms with van der Waals surface area (Å²) in [5, 5.41) is 2.98. The van der Waals surface area contributed by atoms with Gasteiger partial charge < -0.3 is 10.2 Å². The number of aryl methyl sites for hydroxylation is 1. The lowest BCUT2D eigenvalue weighted by molar-refractivity contribution is -0.140. The number of carbonyl (C=O) groups excluding carboxylic acids is 2. The van der Waals surface area contributed by atoms with Crippen molar-refractivity contribution in [2.75, 3.05) is 23.7 Å². The van der Waals surface area contributed by atoms with Gasteiger partial charge in [0.1, 0.15) is 12.6 Å². The highest BCUT2D eigenvalue weighted by molar-refractivity contribution is 9.10. The minimum atomic E-state index is -3.78. The minimum absolute atomic E-state index is 0.149. The molecule has 0 aromatic heterocycles. The van der Waals surface area contributed by atoms with Crippen molar-refractivity contribution < 1.29 is 18.0 Å². The molecule has 0 aliphatic rings. The van der Waals surface area contributed by atoms with Crippen LogP contribution in [0.2, 0.25) is 0 Å². The second-order valence-corrected chi connectivity index (χ2v) is 12.4. The van der Waals surface area contributed by atoms with Crippen molar-refractivity contribution in [1.29, 1.82) is 0 Å². The van der Waals surface area contributed by atoms with Crippen LogP contribution < -0.4 is 9.62 Å². The second kappa shape index (κ2) is 14.3. The van der Waals surface area contributed by atoms with E-state index in [9.17, 15) is 18.0 Å². The van der Waals surface area contributed by atoms with Crippen LogP contribution in [0.3, 0.4) is 0 Å². The normalized spacial score (nSPS) is 12.0. The van der Waals surface area contributed by atoms with E-state index >= 15 is 0 Å².